The van der Waals surface area contributed by atoms with Crippen LogP contribution in [0.25, 0.3) is 10.2 Å². The minimum atomic E-state index is 0.113. The van der Waals surface area contributed by atoms with Gasteiger partial charge in [-0.15, -0.1) is 0 Å². The van der Waals surface area contributed by atoms with E-state index in [4.69, 9.17) is 4.98 Å². The number of amides is 1. The van der Waals surface area contributed by atoms with E-state index >= 15 is 0 Å². The predicted molar refractivity (Wildman–Crippen MR) is 116 cm³/mol. The second-order valence-corrected chi connectivity index (χ2v) is 8.97. The van der Waals surface area contributed by atoms with Gasteiger partial charge < -0.3 is 0 Å². The second-order valence-electron chi connectivity index (χ2n) is 7.97. The van der Waals surface area contributed by atoms with Crippen LogP contribution in [-0.2, 0) is 11.3 Å². The number of thiazole rings is 1. The van der Waals surface area contributed by atoms with Crippen molar-refractivity contribution in [1.82, 2.24) is 9.97 Å². The fourth-order valence-corrected chi connectivity index (χ4v) is 5.03. The van der Waals surface area contributed by atoms with Crippen molar-refractivity contribution in [2.75, 3.05) is 4.90 Å². The zero-order chi connectivity index (χ0) is 19.5. The van der Waals surface area contributed by atoms with Crippen LogP contribution < -0.4 is 4.90 Å². The van der Waals surface area contributed by atoms with Gasteiger partial charge in [0.15, 0.2) is 5.13 Å². The summed E-state index contributed by atoms with van der Waals surface area (Å²) in [6.07, 6.45) is 9.13. The first-order valence-corrected chi connectivity index (χ1v) is 11.0. The van der Waals surface area contributed by atoms with Crippen molar-refractivity contribution in [3.8, 4) is 0 Å². The maximum atomic E-state index is 13.5. The Bertz CT molecular complexity index is 945. The summed E-state index contributed by atoms with van der Waals surface area (Å²) < 4.78 is 1.15. The summed E-state index contributed by atoms with van der Waals surface area (Å²) in [6, 6.07) is 10.3. The third-order valence-corrected chi connectivity index (χ3v) is 6.62. The highest BCUT2D eigenvalue weighted by atomic mass is 32.1. The third-order valence-electron chi connectivity index (χ3n) is 5.58. The molecule has 0 bridgehead atoms. The summed E-state index contributed by atoms with van der Waals surface area (Å²) in [5.74, 6) is 0.732. The SMILES string of the molecule is CC(C)c1cccc2sc(N(Cc3cccnc3)C(=O)C3CCCCC3)nc12. The lowest BCUT2D eigenvalue weighted by molar-refractivity contribution is -0.123. The lowest BCUT2D eigenvalue weighted by Gasteiger charge is -2.27. The number of hydrogen-bond acceptors (Lipinski definition) is 4. The maximum Gasteiger partial charge on any atom is 0.232 e. The molecule has 4 nitrogen and oxygen atoms in total. The summed E-state index contributed by atoms with van der Waals surface area (Å²) in [5.41, 5.74) is 3.31. The van der Waals surface area contributed by atoms with Crippen LogP contribution in [0.2, 0.25) is 0 Å². The molecule has 1 amide bonds. The van der Waals surface area contributed by atoms with Crippen molar-refractivity contribution in [3.63, 3.8) is 0 Å². The molecule has 0 N–H and O–H groups in total. The predicted octanol–water partition coefficient (Wildman–Crippen LogP) is 5.93. The number of carbonyl (C=O) groups is 1. The van der Waals surface area contributed by atoms with E-state index in [9.17, 15) is 4.79 Å². The normalized spacial score (nSPS) is 15.2. The highest BCUT2D eigenvalue weighted by molar-refractivity contribution is 7.22. The van der Waals surface area contributed by atoms with Gasteiger partial charge in [0.2, 0.25) is 5.91 Å². The molecule has 0 radical (unpaired) electrons. The number of pyridine rings is 1. The van der Waals surface area contributed by atoms with Gasteiger partial charge in [0.05, 0.1) is 16.8 Å². The number of fused-ring (bicyclic) bond motifs is 1. The molecule has 1 aliphatic rings. The van der Waals surface area contributed by atoms with Gasteiger partial charge in [-0.3, -0.25) is 14.7 Å². The van der Waals surface area contributed by atoms with E-state index in [2.05, 4.69) is 37.0 Å². The Morgan fingerprint density at radius 3 is 2.71 bits per heavy atom. The first-order valence-electron chi connectivity index (χ1n) is 10.2. The van der Waals surface area contributed by atoms with E-state index in [1.54, 1.807) is 17.5 Å². The number of anilines is 1. The second kappa shape index (κ2) is 8.39. The molecule has 0 spiro atoms. The van der Waals surface area contributed by atoms with E-state index in [0.29, 0.717) is 12.5 Å². The smallest absolute Gasteiger partial charge is 0.232 e. The van der Waals surface area contributed by atoms with Crippen molar-refractivity contribution in [2.24, 2.45) is 5.92 Å². The van der Waals surface area contributed by atoms with Crippen LogP contribution in [-0.4, -0.2) is 15.9 Å². The van der Waals surface area contributed by atoms with Gasteiger partial charge in [0.1, 0.15) is 0 Å². The Balaban J connectivity index is 1.73. The summed E-state index contributed by atoms with van der Waals surface area (Å²) in [7, 11) is 0. The van der Waals surface area contributed by atoms with Crippen molar-refractivity contribution >= 4 is 32.6 Å². The van der Waals surface area contributed by atoms with Gasteiger partial charge >= 0.3 is 0 Å². The van der Waals surface area contributed by atoms with Gasteiger partial charge in [-0.05, 0) is 42.0 Å². The monoisotopic (exact) mass is 393 g/mol. The van der Waals surface area contributed by atoms with Crippen LogP contribution >= 0.6 is 11.3 Å². The minimum absolute atomic E-state index is 0.113. The van der Waals surface area contributed by atoms with Crippen molar-refractivity contribution in [3.05, 3.63) is 53.9 Å². The average Bonchev–Trinajstić information content (AvgIpc) is 3.16. The molecular formula is C23H27N3OS. The Kier molecular flexibility index (Phi) is 5.72. The highest BCUT2D eigenvalue weighted by Crippen LogP contribution is 2.36. The summed E-state index contributed by atoms with van der Waals surface area (Å²) in [5, 5.41) is 0.808. The van der Waals surface area contributed by atoms with Crippen molar-refractivity contribution in [2.45, 2.75) is 58.4 Å². The molecule has 0 aliphatic heterocycles. The van der Waals surface area contributed by atoms with Crippen LogP contribution in [0.15, 0.2) is 42.7 Å². The Labute approximate surface area is 170 Å². The molecular weight excluding hydrogens is 366 g/mol. The molecule has 0 saturated heterocycles. The zero-order valence-electron chi connectivity index (χ0n) is 16.6. The van der Waals surface area contributed by atoms with Gasteiger partial charge in [-0.2, -0.15) is 0 Å². The lowest BCUT2D eigenvalue weighted by Crippen LogP contribution is -2.36. The van der Waals surface area contributed by atoms with Crippen LogP contribution in [0.3, 0.4) is 0 Å². The van der Waals surface area contributed by atoms with E-state index in [1.807, 2.05) is 23.2 Å². The van der Waals surface area contributed by atoms with Gasteiger partial charge in [-0.25, -0.2) is 4.98 Å². The average molecular weight is 394 g/mol. The maximum absolute atomic E-state index is 13.5. The summed E-state index contributed by atoms with van der Waals surface area (Å²) >= 11 is 1.62. The van der Waals surface area contributed by atoms with Gasteiger partial charge in [0.25, 0.3) is 0 Å². The fourth-order valence-electron chi connectivity index (χ4n) is 4.02. The standard InChI is InChI=1S/C23H27N3OS/c1-16(2)19-11-6-12-20-21(19)25-23(28-20)26(15-17-8-7-13-24-14-17)22(27)18-9-4-3-5-10-18/h6-8,11-14,16,18H,3-5,9-10,15H2,1-2H3. The quantitative estimate of drug-likeness (QED) is 0.540. The molecule has 0 unspecified atom stereocenters. The van der Waals surface area contributed by atoms with E-state index < -0.39 is 0 Å². The number of hydrogen-bond donors (Lipinski definition) is 0. The molecule has 3 aromatic rings. The number of para-hydroxylation sites is 1. The van der Waals surface area contributed by atoms with Crippen LogP contribution in [0, 0.1) is 5.92 Å². The Hall–Kier alpha value is -2.27. The first kappa shape index (κ1) is 19.1. The molecule has 1 fully saturated rings. The summed E-state index contributed by atoms with van der Waals surface area (Å²) in [6.45, 7) is 4.91. The molecule has 28 heavy (non-hydrogen) atoms. The van der Waals surface area contributed by atoms with Crippen molar-refractivity contribution in [1.29, 1.82) is 0 Å². The number of benzene rings is 1. The van der Waals surface area contributed by atoms with Crippen molar-refractivity contribution < 1.29 is 4.79 Å². The number of aromatic nitrogens is 2. The largest absolute Gasteiger partial charge is 0.283 e. The molecule has 2 heterocycles. The topological polar surface area (TPSA) is 46.1 Å². The van der Waals surface area contributed by atoms with E-state index in [-0.39, 0.29) is 11.8 Å². The molecule has 1 aromatic carbocycles. The molecule has 1 aliphatic carbocycles. The highest BCUT2D eigenvalue weighted by Gasteiger charge is 2.29. The Morgan fingerprint density at radius 2 is 2.00 bits per heavy atom. The van der Waals surface area contributed by atoms with Gasteiger partial charge in [-0.1, -0.05) is 62.6 Å². The minimum Gasteiger partial charge on any atom is -0.283 e. The van der Waals surface area contributed by atoms with Gasteiger partial charge in [0, 0.05) is 18.3 Å². The first-order chi connectivity index (χ1) is 13.6. The van der Waals surface area contributed by atoms with Crippen LogP contribution in [0.4, 0.5) is 5.13 Å². The number of rotatable bonds is 5. The third kappa shape index (κ3) is 3.95. The molecule has 146 valence electrons. The van der Waals surface area contributed by atoms with E-state index in [1.165, 1.54) is 12.0 Å². The molecule has 2 aromatic heterocycles. The molecule has 0 atom stereocenters. The number of nitrogens with zero attached hydrogens (tertiary/aromatic N) is 3. The Morgan fingerprint density at radius 1 is 1.18 bits per heavy atom. The molecule has 5 heteroatoms. The molecule has 1 saturated carbocycles. The lowest BCUT2D eigenvalue weighted by atomic mass is 9.88. The summed E-state index contributed by atoms with van der Waals surface area (Å²) in [4.78, 5) is 24.6. The fraction of sp³-hybridized carbons (Fsp3) is 0.435. The van der Waals surface area contributed by atoms with Crippen LogP contribution in [0.1, 0.15) is 63.0 Å². The molecule has 4 rings (SSSR count). The van der Waals surface area contributed by atoms with Crippen LogP contribution in [0.5, 0.6) is 0 Å². The number of carbonyl (C=O) groups excluding carboxylic acids is 1. The zero-order valence-corrected chi connectivity index (χ0v) is 17.4. The van der Waals surface area contributed by atoms with E-state index in [0.717, 1.165) is 46.6 Å².